The number of aliphatic hydroxyl groups excluding tert-OH is 1. The van der Waals surface area contributed by atoms with Crippen LogP contribution in [0.2, 0.25) is 0 Å². The molecule has 1 N–H and O–H groups in total. The SMILES string of the molecule is CCCCCCCCCC(=O)OCC[N+](C)(CCO)Cc1ccccc1. The van der Waals surface area contributed by atoms with Crippen molar-refractivity contribution in [2.24, 2.45) is 0 Å². The molecule has 1 unspecified atom stereocenters. The third-order valence-electron chi connectivity index (χ3n) is 4.93. The molecular formula is C22H38NO3+. The topological polar surface area (TPSA) is 46.5 Å². The van der Waals surface area contributed by atoms with Crippen molar-refractivity contribution in [2.75, 3.05) is 33.4 Å². The Morgan fingerprint density at radius 3 is 2.31 bits per heavy atom. The van der Waals surface area contributed by atoms with E-state index >= 15 is 0 Å². The number of hydrogen-bond acceptors (Lipinski definition) is 3. The summed E-state index contributed by atoms with van der Waals surface area (Å²) in [5, 5.41) is 9.39. The first-order valence-corrected chi connectivity index (χ1v) is 10.2. The first-order chi connectivity index (χ1) is 12.6. The van der Waals surface area contributed by atoms with Crippen LogP contribution in [0.15, 0.2) is 30.3 Å². The second kappa shape index (κ2) is 13.8. The summed E-state index contributed by atoms with van der Waals surface area (Å²) in [6, 6.07) is 10.3. The molecule has 1 atom stereocenters. The highest BCUT2D eigenvalue weighted by Crippen LogP contribution is 2.12. The summed E-state index contributed by atoms with van der Waals surface area (Å²) in [5.41, 5.74) is 1.23. The van der Waals surface area contributed by atoms with Gasteiger partial charge in [0.25, 0.3) is 0 Å². The summed E-state index contributed by atoms with van der Waals surface area (Å²) >= 11 is 0. The van der Waals surface area contributed by atoms with Crippen molar-refractivity contribution >= 4 is 5.97 Å². The lowest BCUT2D eigenvalue weighted by Crippen LogP contribution is -2.47. The molecule has 0 aliphatic heterocycles. The predicted octanol–water partition coefficient (Wildman–Crippen LogP) is 4.31. The molecule has 0 spiro atoms. The van der Waals surface area contributed by atoms with Gasteiger partial charge in [-0.2, -0.15) is 0 Å². The largest absolute Gasteiger partial charge is 0.460 e. The summed E-state index contributed by atoms with van der Waals surface area (Å²) < 4.78 is 6.10. The lowest BCUT2D eigenvalue weighted by atomic mass is 10.1. The minimum Gasteiger partial charge on any atom is -0.460 e. The molecule has 0 saturated carbocycles. The van der Waals surface area contributed by atoms with Gasteiger partial charge in [-0.05, 0) is 6.42 Å². The summed E-state index contributed by atoms with van der Waals surface area (Å²) in [6.45, 7) is 4.98. The van der Waals surface area contributed by atoms with Crippen LogP contribution >= 0.6 is 0 Å². The van der Waals surface area contributed by atoms with Gasteiger partial charge >= 0.3 is 5.97 Å². The molecule has 4 nitrogen and oxygen atoms in total. The maximum Gasteiger partial charge on any atom is 0.305 e. The molecule has 148 valence electrons. The minimum absolute atomic E-state index is 0.0891. The number of hydrogen-bond donors (Lipinski definition) is 1. The zero-order chi connectivity index (χ0) is 19.1. The molecule has 4 heteroatoms. The molecule has 0 aliphatic rings. The van der Waals surface area contributed by atoms with Gasteiger partial charge in [0, 0.05) is 12.0 Å². The molecule has 0 aromatic heterocycles. The fourth-order valence-electron chi connectivity index (χ4n) is 3.21. The van der Waals surface area contributed by atoms with Gasteiger partial charge in [-0.1, -0.05) is 75.8 Å². The van der Waals surface area contributed by atoms with E-state index in [2.05, 4.69) is 26.1 Å². The van der Waals surface area contributed by atoms with Gasteiger partial charge in [-0.15, -0.1) is 0 Å². The zero-order valence-corrected chi connectivity index (χ0v) is 16.8. The molecule has 0 radical (unpaired) electrons. The monoisotopic (exact) mass is 364 g/mol. The summed E-state index contributed by atoms with van der Waals surface area (Å²) in [5.74, 6) is -0.0891. The van der Waals surface area contributed by atoms with E-state index in [1.807, 2.05) is 18.2 Å². The Morgan fingerprint density at radius 1 is 1.00 bits per heavy atom. The molecule has 0 bridgehead atoms. The predicted molar refractivity (Wildman–Crippen MR) is 107 cm³/mol. The molecular weight excluding hydrogens is 326 g/mol. The van der Waals surface area contributed by atoms with E-state index in [4.69, 9.17) is 4.74 Å². The molecule has 0 saturated heterocycles. The van der Waals surface area contributed by atoms with Gasteiger partial charge in [-0.25, -0.2) is 0 Å². The highest BCUT2D eigenvalue weighted by atomic mass is 16.5. The average molecular weight is 365 g/mol. The fraction of sp³-hybridized carbons (Fsp3) is 0.682. The quantitative estimate of drug-likeness (QED) is 0.287. The van der Waals surface area contributed by atoms with Gasteiger partial charge in [0.1, 0.15) is 26.2 Å². The Bertz CT molecular complexity index is 478. The van der Waals surface area contributed by atoms with Gasteiger partial charge in [0.15, 0.2) is 0 Å². The summed E-state index contributed by atoms with van der Waals surface area (Å²) in [4.78, 5) is 11.9. The van der Waals surface area contributed by atoms with Gasteiger partial charge in [0.05, 0.1) is 13.7 Å². The molecule has 26 heavy (non-hydrogen) atoms. The van der Waals surface area contributed by atoms with Gasteiger partial charge < -0.3 is 14.3 Å². The maximum atomic E-state index is 11.9. The molecule has 0 heterocycles. The fourth-order valence-corrected chi connectivity index (χ4v) is 3.21. The van der Waals surface area contributed by atoms with Crippen LogP contribution in [0, 0.1) is 0 Å². The number of benzene rings is 1. The minimum atomic E-state index is -0.0891. The van der Waals surface area contributed by atoms with Crippen molar-refractivity contribution in [3.05, 3.63) is 35.9 Å². The number of rotatable bonds is 15. The van der Waals surface area contributed by atoms with Crippen LogP contribution in [-0.2, 0) is 16.1 Å². The third-order valence-corrected chi connectivity index (χ3v) is 4.93. The van der Waals surface area contributed by atoms with Crippen LogP contribution in [0.5, 0.6) is 0 Å². The normalized spacial score (nSPS) is 13.3. The van der Waals surface area contributed by atoms with Crippen molar-refractivity contribution in [3.63, 3.8) is 0 Å². The van der Waals surface area contributed by atoms with E-state index in [0.29, 0.717) is 24.1 Å². The van der Waals surface area contributed by atoms with E-state index in [1.165, 1.54) is 37.7 Å². The van der Waals surface area contributed by atoms with Crippen LogP contribution in [0.25, 0.3) is 0 Å². The lowest BCUT2D eigenvalue weighted by molar-refractivity contribution is -0.923. The second-order valence-electron chi connectivity index (χ2n) is 7.53. The van der Waals surface area contributed by atoms with E-state index < -0.39 is 0 Å². The number of quaternary nitrogens is 1. The first kappa shape index (κ1) is 22.7. The van der Waals surface area contributed by atoms with Crippen molar-refractivity contribution < 1.29 is 19.1 Å². The zero-order valence-electron chi connectivity index (χ0n) is 16.8. The maximum absolute atomic E-state index is 11.9. The van der Waals surface area contributed by atoms with E-state index in [1.54, 1.807) is 0 Å². The number of nitrogens with zero attached hydrogens (tertiary/aromatic N) is 1. The molecule has 1 aromatic carbocycles. The summed E-state index contributed by atoms with van der Waals surface area (Å²) in [7, 11) is 2.10. The third kappa shape index (κ3) is 10.6. The van der Waals surface area contributed by atoms with Crippen molar-refractivity contribution in [1.82, 2.24) is 0 Å². The van der Waals surface area contributed by atoms with Crippen molar-refractivity contribution in [2.45, 2.75) is 64.8 Å². The Kier molecular flexibility index (Phi) is 12.0. The number of carbonyl (C=O) groups excluding carboxylic acids is 1. The highest BCUT2D eigenvalue weighted by Gasteiger charge is 2.22. The molecule has 1 aromatic rings. The smallest absolute Gasteiger partial charge is 0.305 e. The molecule has 1 rings (SSSR count). The highest BCUT2D eigenvalue weighted by molar-refractivity contribution is 5.69. The van der Waals surface area contributed by atoms with Crippen LogP contribution in [0.3, 0.4) is 0 Å². The number of likely N-dealkylation sites (N-methyl/N-ethyl adjacent to an activating group) is 1. The van der Waals surface area contributed by atoms with Crippen molar-refractivity contribution in [3.8, 4) is 0 Å². The summed E-state index contributed by atoms with van der Waals surface area (Å²) in [6.07, 6.45) is 8.96. The van der Waals surface area contributed by atoms with Gasteiger partial charge in [-0.3, -0.25) is 4.79 Å². The van der Waals surface area contributed by atoms with E-state index in [-0.39, 0.29) is 12.6 Å². The van der Waals surface area contributed by atoms with Crippen LogP contribution in [-0.4, -0.2) is 48.9 Å². The number of aliphatic hydroxyl groups is 1. The van der Waals surface area contributed by atoms with Crippen LogP contribution in [0.1, 0.15) is 63.9 Å². The number of carbonyl (C=O) groups is 1. The molecule has 0 fully saturated rings. The Morgan fingerprint density at radius 2 is 1.65 bits per heavy atom. The van der Waals surface area contributed by atoms with Crippen LogP contribution in [0.4, 0.5) is 0 Å². The standard InChI is InChI=1S/C22H38NO3/c1-3-4-5-6-7-8-12-15-22(25)26-19-17-23(2,16-18-24)20-21-13-10-9-11-14-21/h9-11,13-14,24H,3-8,12,15-20H2,1-2H3/q+1. The van der Waals surface area contributed by atoms with Crippen molar-refractivity contribution in [1.29, 1.82) is 0 Å². The van der Waals surface area contributed by atoms with Gasteiger partial charge in [0.2, 0.25) is 0 Å². The van der Waals surface area contributed by atoms with E-state index in [9.17, 15) is 9.90 Å². The second-order valence-corrected chi connectivity index (χ2v) is 7.53. The molecule has 0 aliphatic carbocycles. The number of esters is 1. The van der Waals surface area contributed by atoms with E-state index in [0.717, 1.165) is 25.9 Å². The lowest BCUT2D eigenvalue weighted by Gasteiger charge is -2.33. The Balaban J connectivity index is 2.22. The average Bonchev–Trinajstić information content (AvgIpc) is 2.62. The first-order valence-electron chi connectivity index (χ1n) is 10.2. The Hall–Kier alpha value is -1.39. The number of ether oxygens (including phenoxy) is 1. The Labute approximate surface area is 159 Å². The molecule has 0 amide bonds. The number of unbranched alkanes of at least 4 members (excludes halogenated alkanes) is 6. The van der Waals surface area contributed by atoms with Crippen LogP contribution < -0.4 is 0 Å².